The van der Waals surface area contributed by atoms with Crippen LogP contribution in [-0.2, 0) is 15.7 Å². The van der Waals surface area contributed by atoms with E-state index in [9.17, 15) is 28.1 Å². The molecule has 0 saturated heterocycles. The predicted molar refractivity (Wildman–Crippen MR) is 99.6 cm³/mol. The molecule has 0 fully saturated rings. The molecule has 10 heteroatoms. The van der Waals surface area contributed by atoms with Gasteiger partial charge in [0.25, 0.3) is 5.69 Å². The largest absolute Gasteiger partial charge is 0.489 e. The molecular weight excluding hydrogens is 393 g/mol. The topological polar surface area (TPSA) is 90.7 Å². The summed E-state index contributed by atoms with van der Waals surface area (Å²) in [5.74, 6) is -0.633. The third-order valence-electron chi connectivity index (χ3n) is 3.64. The summed E-state index contributed by atoms with van der Waals surface area (Å²) in [7, 11) is 1.45. The van der Waals surface area contributed by atoms with Crippen molar-refractivity contribution in [1.82, 2.24) is 0 Å². The second kappa shape index (κ2) is 9.69. The van der Waals surface area contributed by atoms with Gasteiger partial charge in [-0.2, -0.15) is 13.2 Å². The van der Waals surface area contributed by atoms with E-state index >= 15 is 0 Å². The summed E-state index contributed by atoms with van der Waals surface area (Å²) < 4.78 is 49.1. The number of benzene rings is 2. The maximum absolute atomic E-state index is 13.0. The Labute approximate surface area is 163 Å². The smallest absolute Gasteiger partial charge is 0.416 e. The van der Waals surface area contributed by atoms with Gasteiger partial charge in [-0.05, 0) is 42.0 Å². The van der Waals surface area contributed by atoms with Crippen LogP contribution in [-0.4, -0.2) is 31.2 Å². The van der Waals surface area contributed by atoms with Gasteiger partial charge in [0.15, 0.2) is 0 Å². The first-order valence-electron chi connectivity index (χ1n) is 8.27. The fourth-order valence-electron chi connectivity index (χ4n) is 2.22. The number of ether oxygens (including phenoxy) is 2. The molecule has 29 heavy (non-hydrogen) atoms. The summed E-state index contributed by atoms with van der Waals surface area (Å²) in [4.78, 5) is 22.2. The van der Waals surface area contributed by atoms with Gasteiger partial charge >= 0.3 is 6.18 Å². The summed E-state index contributed by atoms with van der Waals surface area (Å²) in [5, 5.41) is 13.0. The van der Waals surface area contributed by atoms with Crippen LogP contribution in [0.1, 0.15) is 11.1 Å². The zero-order chi connectivity index (χ0) is 21.4. The highest BCUT2D eigenvalue weighted by Gasteiger charge is 2.31. The molecule has 0 heterocycles. The van der Waals surface area contributed by atoms with Crippen molar-refractivity contribution in [3.8, 4) is 5.75 Å². The Morgan fingerprint density at radius 3 is 2.45 bits per heavy atom. The molecule has 1 amide bonds. The van der Waals surface area contributed by atoms with Crippen molar-refractivity contribution in [1.29, 1.82) is 0 Å². The van der Waals surface area contributed by atoms with Gasteiger partial charge in [-0.25, -0.2) is 0 Å². The van der Waals surface area contributed by atoms with Crippen LogP contribution >= 0.6 is 0 Å². The highest BCUT2D eigenvalue weighted by Crippen LogP contribution is 2.35. The minimum Gasteiger partial charge on any atom is -0.489 e. The normalized spacial score (nSPS) is 11.4. The summed E-state index contributed by atoms with van der Waals surface area (Å²) >= 11 is 0. The first kappa shape index (κ1) is 21.9. The number of nitro groups is 1. The summed E-state index contributed by atoms with van der Waals surface area (Å²) in [6.45, 7) is 0.303. The fourth-order valence-corrected chi connectivity index (χ4v) is 2.22. The molecule has 1 N–H and O–H groups in total. The molecule has 7 nitrogen and oxygen atoms in total. The Morgan fingerprint density at radius 1 is 1.17 bits per heavy atom. The average Bonchev–Trinajstić information content (AvgIpc) is 2.67. The number of methoxy groups -OCH3 is 1. The second-order valence-electron chi connectivity index (χ2n) is 5.72. The van der Waals surface area contributed by atoms with Crippen LogP contribution in [0.5, 0.6) is 5.75 Å². The Morgan fingerprint density at radius 2 is 1.86 bits per heavy atom. The van der Waals surface area contributed by atoms with Crippen molar-refractivity contribution in [2.75, 3.05) is 25.6 Å². The van der Waals surface area contributed by atoms with Crippen molar-refractivity contribution in [2.45, 2.75) is 6.18 Å². The first-order chi connectivity index (χ1) is 13.7. The molecule has 0 aliphatic heterocycles. The number of carbonyl (C=O) groups excluding carboxylic acids is 1. The molecule has 0 saturated carbocycles. The van der Waals surface area contributed by atoms with Crippen molar-refractivity contribution in [3.05, 3.63) is 69.8 Å². The van der Waals surface area contributed by atoms with E-state index in [1.165, 1.54) is 37.5 Å². The lowest BCUT2D eigenvalue weighted by Gasteiger charge is -2.14. The molecule has 0 aliphatic rings. The van der Waals surface area contributed by atoms with Gasteiger partial charge in [-0.1, -0.05) is 0 Å². The molecule has 0 radical (unpaired) electrons. The molecule has 2 aromatic rings. The molecule has 0 atom stereocenters. The Balaban J connectivity index is 2.16. The quantitative estimate of drug-likeness (QED) is 0.303. The number of hydrogen-bond donors (Lipinski definition) is 1. The van der Waals surface area contributed by atoms with Gasteiger partial charge in [0.05, 0.1) is 22.8 Å². The fraction of sp³-hybridized carbons (Fsp3) is 0.211. The lowest BCUT2D eigenvalue weighted by atomic mass is 10.1. The van der Waals surface area contributed by atoms with Crippen molar-refractivity contribution < 1.29 is 32.4 Å². The average molecular weight is 410 g/mol. The van der Waals surface area contributed by atoms with E-state index in [0.29, 0.717) is 5.56 Å². The molecule has 154 valence electrons. The van der Waals surface area contributed by atoms with Crippen LogP contribution < -0.4 is 10.1 Å². The number of alkyl halides is 3. The Bertz CT molecular complexity index is 896. The van der Waals surface area contributed by atoms with E-state index in [1.807, 2.05) is 0 Å². The highest BCUT2D eigenvalue weighted by atomic mass is 19.4. The number of hydrogen-bond acceptors (Lipinski definition) is 5. The predicted octanol–water partition coefficient (Wildman–Crippen LogP) is 4.29. The number of anilines is 1. The van der Waals surface area contributed by atoms with Gasteiger partial charge in [0.1, 0.15) is 12.4 Å². The SMILES string of the molecule is COCCOc1ccc(C(F)(F)F)cc1NC(=O)/C=C/c1ccc([N+](=O)[O-])cc1. The number of nitrogens with zero attached hydrogens (tertiary/aromatic N) is 1. The number of halogens is 3. The number of carbonyl (C=O) groups is 1. The van der Waals surface area contributed by atoms with Gasteiger partial charge in [-0.15, -0.1) is 0 Å². The third kappa shape index (κ3) is 6.61. The standard InChI is InChI=1S/C19H17F3N2O5/c1-28-10-11-29-17-8-5-14(19(20,21)22)12-16(17)23-18(25)9-4-13-2-6-15(7-3-13)24(26)27/h2-9,12H,10-11H2,1H3,(H,23,25)/b9-4+. The maximum atomic E-state index is 13.0. The lowest BCUT2D eigenvalue weighted by molar-refractivity contribution is -0.384. The summed E-state index contributed by atoms with van der Waals surface area (Å²) in [6, 6.07) is 8.16. The molecule has 0 unspecified atom stereocenters. The molecule has 2 aromatic carbocycles. The number of non-ortho nitro benzene ring substituents is 1. The second-order valence-corrected chi connectivity index (χ2v) is 5.72. The van der Waals surface area contributed by atoms with Crippen LogP contribution in [0.25, 0.3) is 6.08 Å². The van der Waals surface area contributed by atoms with Gasteiger partial charge in [0.2, 0.25) is 5.91 Å². The number of nitrogens with one attached hydrogen (secondary N) is 1. The molecule has 0 spiro atoms. The lowest BCUT2D eigenvalue weighted by Crippen LogP contribution is -2.13. The van der Waals surface area contributed by atoms with Gasteiger partial charge in [0, 0.05) is 25.3 Å². The van der Waals surface area contributed by atoms with E-state index in [2.05, 4.69) is 5.32 Å². The van der Waals surface area contributed by atoms with Crippen LogP contribution in [0, 0.1) is 10.1 Å². The van der Waals surface area contributed by atoms with Crippen LogP contribution in [0.4, 0.5) is 24.5 Å². The minimum absolute atomic E-state index is 0.0622. The highest BCUT2D eigenvalue weighted by molar-refractivity contribution is 6.02. The van der Waals surface area contributed by atoms with E-state index in [-0.39, 0.29) is 30.3 Å². The van der Waals surface area contributed by atoms with Crippen molar-refractivity contribution in [3.63, 3.8) is 0 Å². The molecular formula is C19H17F3N2O5. The molecule has 0 bridgehead atoms. The summed E-state index contributed by atoms with van der Waals surface area (Å²) in [5.41, 5.74) is -0.680. The molecule has 0 aromatic heterocycles. The molecule has 2 rings (SSSR count). The zero-order valence-electron chi connectivity index (χ0n) is 15.2. The number of nitro benzene ring substituents is 1. The minimum atomic E-state index is -4.58. The van der Waals surface area contributed by atoms with E-state index in [4.69, 9.17) is 9.47 Å². The monoisotopic (exact) mass is 410 g/mol. The Hall–Kier alpha value is -3.40. The Kier molecular flexibility index (Phi) is 7.32. The molecule has 0 aliphatic carbocycles. The van der Waals surface area contributed by atoms with Crippen molar-refractivity contribution in [2.24, 2.45) is 0 Å². The van der Waals surface area contributed by atoms with E-state index < -0.39 is 22.6 Å². The number of amides is 1. The van der Waals surface area contributed by atoms with Crippen LogP contribution in [0.3, 0.4) is 0 Å². The maximum Gasteiger partial charge on any atom is 0.416 e. The van der Waals surface area contributed by atoms with Crippen LogP contribution in [0.2, 0.25) is 0 Å². The third-order valence-corrected chi connectivity index (χ3v) is 3.64. The van der Waals surface area contributed by atoms with E-state index in [1.54, 1.807) is 0 Å². The van der Waals surface area contributed by atoms with E-state index in [0.717, 1.165) is 24.3 Å². The zero-order valence-corrected chi connectivity index (χ0v) is 15.2. The summed E-state index contributed by atoms with van der Waals surface area (Å²) in [6.07, 6.45) is -2.11. The van der Waals surface area contributed by atoms with Crippen molar-refractivity contribution >= 4 is 23.4 Å². The number of rotatable bonds is 8. The van der Waals surface area contributed by atoms with Gasteiger partial charge in [-0.3, -0.25) is 14.9 Å². The van der Waals surface area contributed by atoms with Crippen LogP contribution in [0.15, 0.2) is 48.5 Å². The van der Waals surface area contributed by atoms with Gasteiger partial charge < -0.3 is 14.8 Å². The first-order valence-corrected chi connectivity index (χ1v) is 8.27.